The summed E-state index contributed by atoms with van der Waals surface area (Å²) in [7, 11) is 0. The first-order chi connectivity index (χ1) is 6.76. The third-order valence-electron chi connectivity index (χ3n) is 4.33. The van der Waals surface area contributed by atoms with E-state index >= 15 is 0 Å². The van der Waals surface area contributed by atoms with Gasteiger partial charge >= 0.3 is 0 Å². The zero-order valence-corrected chi connectivity index (χ0v) is 8.91. The summed E-state index contributed by atoms with van der Waals surface area (Å²) in [4.78, 5) is 0. The molecule has 2 heteroatoms. The summed E-state index contributed by atoms with van der Waals surface area (Å²) < 4.78 is 0. The fourth-order valence-electron chi connectivity index (χ4n) is 3.48. The summed E-state index contributed by atoms with van der Waals surface area (Å²) in [5.41, 5.74) is -0.524. The van der Waals surface area contributed by atoms with Crippen LogP contribution in [0.3, 0.4) is 0 Å². The average molecular weight is 198 g/mol. The van der Waals surface area contributed by atoms with Crippen molar-refractivity contribution in [3.63, 3.8) is 0 Å². The van der Waals surface area contributed by atoms with Crippen LogP contribution in [0.5, 0.6) is 0 Å². The van der Waals surface area contributed by atoms with Crippen molar-refractivity contribution in [2.45, 2.75) is 57.0 Å². The van der Waals surface area contributed by atoms with Crippen LogP contribution in [0.4, 0.5) is 0 Å². The highest BCUT2D eigenvalue weighted by atomic mass is 16.3. The first-order valence-corrected chi connectivity index (χ1v) is 6.09. The standard InChI is InChI=1S/C12H22O2/c13-9-11(10-5-1-2-6-10)12(14)7-3-4-8-12/h10-11,13-14H,1-9H2. The molecule has 1 atom stereocenters. The van der Waals surface area contributed by atoms with Crippen molar-refractivity contribution in [3.05, 3.63) is 0 Å². The molecule has 2 saturated carbocycles. The molecule has 0 aromatic rings. The third kappa shape index (κ3) is 1.82. The average Bonchev–Trinajstić information content (AvgIpc) is 2.78. The lowest BCUT2D eigenvalue weighted by atomic mass is 9.76. The zero-order chi connectivity index (χ0) is 10.0. The molecule has 0 radical (unpaired) electrons. The Bertz CT molecular complexity index is 179. The van der Waals surface area contributed by atoms with Gasteiger partial charge in [0, 0.05) is 12.5 Å². The lowest BCUT2D eigenvalue weighted by molar-refractivity contribution is -0.0581. The molecule has 0 bridgehead atoms. The minimum atomic E-state index is -0.524. The molecule has 2 fully saturated rings. The molecule has 2 rings (SSSR count). The summed E-state index contributed by atoms with van der Waals surface area (Å²) in [6, 6.07) is 0. The molecule has 0 heterocycles. The lowest BCUT2D eigenvalue weighted by Crippen LogP contribution is -2.41. The largest absolute Gasteiger partial charge is 0.396 e. The van der Waals surface area contributed by atoms with Gasteiger partial charge < -0.3 is 10.2 Å². The molecule has 2 aliphatic rings. The fraction of sp³-hybridized carbons (Fsp3) is 1.00. The molecule has 2 aliphatic carbocycles. The van der Waals surface area contributed by atoms with E-state index in [2.05, 4.69) is 0 Å². The van der Waals surface area contributed by atoms with E-state index in [1.165, 1.54) is 25.7 Å². The number of rotatable bonds is 3. The normalized spacial score (nSPS) is 29.6. The fourth-order valence-corrected chi connectivity index (χ4v) is 3.48. The van der Waals surface area contributed by atoms with Gasteiger partial charge in [-0.1, -0.05) is 25.7 Å². The molecule has 14 heavy (non-hydrogen) atoms. The van der Waals surface area contributed by atoms with Crippen molar-refractivity contribution in [2.24, 2.45) is 11.8 Å². The summed E-state index contributed by atoms with van der Waals surface area (Å²) in [5, 5.41) is 19.9. The van der Waals surface area contributed by atoms with E-state index in [0.717, 1.165) is 25.7 Å². The van der Waals surface area contributed by atoms with Gasteiger partial charge in [0.15, 0.2) is 0 Å². The van der Waals surface area contributed by atoms with Crippen LogP contribution < -0.4 is 0 Å². The molecular weight excluding hydrogens is 176 g/mol. The van der Waals surface area contributed by atoms with Crippen LogP contribution in [0.1, 0.15) is 51.4 Å². The topological polar surface area (TPSA) is 40.5 Å². The Balaban J connectivity index is 2.03. The van der Waals surface area contributed by atoms with Crippen LogP contribution in [-0.4, -0.2) is 22.4 Å². The monoisotopic (exact) mass is 198 g/mol. The van der Waals surface area contributed by atoms with Gasteiger partial charge in [-0.15, -0.1) is 0 Å². The lowest BCUT2D eigenvalue weighted by Gasteiger charge is -2.35. The minimum absolute atomic E-state index is 0.160. The van der Waals surface area contributed by atoms with Gasteiger partial charge in [-0.05, 0) is 31.6 Å². The predicted molar refractivity (Wildman–Crippen MR) is 56.0 cm³/mol. The van der Waals surface area contributed by atoms with Gasteiger partial charge in [-0.3, -0.25) is 0 Å². The van der Waals surface area contributed by atoms with Crippen molar-refractivity contribution in [2.75, 3.05) is 6.61 Å². The first-order valence-electron chi connectivity index (χ1n) is 6.09. The van der Waals surface area contributed by atoms with E-state index in [1.54, 1.807) is 0 Å². The Morgan fingerprint density at radius 2 is 1.64 bits per heavy atom. The van der Waals surface area contributed by atoms with Crippen LogP contribution in [-0.2, 0) is 0 Å². The van der Waals surface area contributed by atoms with E-state index in [1.807, 2.05) is 0 Å². The molecule has 0 aromatic carbocycles. The molecule has 0 spiro atoms. The van der Waals surface area contributed by atoms with Gasteiger partial charge in [-0.2, -0.15) is 0 Å². The van der Waals surface area contributed by atoms with Crippen molar-refractivity contribution < 1.29 is 10.2 Å². The Morgan fingerprint density at radius 1 is 1.07 bits per heavy atom. The number of aliphatic hydroxyl groups is 2. The van der Waals surface area contributed by atoms with E-state index in [4.69, 9.17) is 0 Å². The van der Waals surface area contributed by atoms with Gasteiger partial charge in [0.05, 0.1) is 5.60 Å². The minimum Gasteiger partial charge on any atom is -0.396 e. The van der Waals surface area contributed by atoms with Crippen molar-refractivity contribution in [1.29, 1.82) is 0 Å². The van der Waals surface area contributed by atoms with Crippen LogP contribution >= 0.6 is 0 Å². The van der Waals surface area contributed by atoms with Gasteiger partial charge in [0.25, 0.3) is 0 Å². The quantitative estimate of drug-likeness (QED) is 0.729. The van der Waals surface area contributed by atoms with E-state index in [-0.39, 0.29) is 12.5 Å². The van der Waals surface area contributed by atoms with Crippen molar-refractivity contribution >= 4 is 0 Å². The molecule has 0 saturated heterocycles. The highest BCUT2D eigenvalue weighted by molar-refractivity contribution is 4.94. The SMILES string of the molecule is OCC(C1CCCC1)C1(O)CCCC1. The Hall–Kier alpha value is -0.0800. The third-order valence-corrected chi connectivity index (χ3v) is 4.33. The molecule has 0 amide bonds. The first kappa shape index (κ1) is 10.4. The van der Waals surface area contributed by atoms with E-state index < -0.39 is 5.60 Å². The van der Waals surface area contributed by atoms with E-state index in [0.29, 0.717) is 5.92 Å². The van der Waals surface area contributed by atoms with Gasteiger partial charge in [-0.25, -0.2) is 0 Å². The van der Waals surface area contributed by atoms with E-state index in [9.17, 15) is 10.2 Å². The predicted octanol–water partition coefficient (Wildman–Crippen LogP) is 2.09. The second-order valence-electron chi connectivity index (χ2n) is 5.14. The Morgan fingerprint density at radius 3 is 2.14 bits per heavy atom. The highest BCUT2D eigenvalue weighted by Crippen LogP contribution is 2.44. The summed E-state index contributed by atoms with van der Waals surface area (Å²) >= 11 is 0. The molecule has 2 nitrogen and oxygen atoms in total. The summed E-state index contributed by atoms with van der Waals surface area (Å²) in [5.74, 6) is 0.746. The van der Waals surface area contributed by atoms with Gasteiger partial charge in [0.1, 0.15) is 0 Å². The van der Waals surface area contributed by atoms with Crippen LogP contribution in [0.2, 0.25) is 0 Å². The molecule has 82 valence electrons. The maximum absolute atomic E-state index is 10.5. The number of hydrogen-bond acceptors (Lipinski definition) is 2. The highest BCUT2D eigenvalue weighted by Gasteiger charge is 2.43. The Kier molecular flexibility index (Phi) is 3.13. The second-order valence-corrected chi connectivity index (χ2v) is 5.14. The van der Waals surface area contributed by atoms with Crippen molar-refractivity contribution in [3.8, 4) is 0 Å². The molecule has 1 unspecified atom stereocenters. The maximum Gasteiger partial charge on any atom is 0.0700 e. The van der Waals surface area contributed by atoms with Crippen LogP contribution in [0.25, 0.3) is 0 Å². The van der Waals surface area contributed by atoms with Crippen LogP contribution in [0, 0.1) is 11.8 Å². The molecular formula is C12H22O2. The summed E-state index contributed by atoms with van der Waals surface area (Å²) in [6.07, 6.45) is 9.11. The molecule has 0 aliphatic heterocycles. The zero-order valence-electron chi connectivity index (χ0n) is 8.91. The van der Waals surface area contributed by atoms with Crippen LogP contribution in [0.15, 0.2) is 0 Å². The smallest absolute Gasteiger partial charge is 0.0700 e. The number of hydrogen-bond donors (Lipinski definition) is 2. The maximum atomic E-state index is 10.5. The number of aliphatic hydroxyl groups excluding tert-OH is 1. The Labute approximate surface area is 86.3 Å². The molecule has 2 N–H and O–H groups in total. The molecule has 0 aromatic heterocycles. The second kappa shape index (κ2) is 4.19. The summed E-state index contributed by atoms with van der Waals surface area (Å²) in [6.45, 7) is 0.182. The van der Waals surface area contributed by atoms with Gasteiger partial charge in [0.2, 0.25) is 0 Å². The van der Waals surface area contributed by atoms with Crippen molar-refractivity contribution in [1.82, 2.24) is 0 Å².